The molecule has 190 valence electrons. The van der Waals surface area contributed by atoms with Gasteiger partial charge in [-0.1, -0.05) is 23.7 Å². The quantitative estimate of drug-likeness (QED) is 0.475. The van der Waals surface area contributed by atoms with E-state index in [1.54, 1.807) is 34.4 Å². The zero-order valence-corrected chi connectivity index (χ0v) is 22.2. The standard InChI is InChI=1S/C26H27ClFN3O3S2/c1-18-16-29(12-13-31(18)36(33,34)22-7-5-20(27)6-8-22)25(32)17-30-11-9-24-23(10-14-35-24)26(30)19-3-2-4-21(28)15-19/h2-8,10,14-15,18,26H,9,11-13,16-17H2,1H3/t18-,26-/m0/s1. The lowest BCUT2D eigenvalue weighted by molar-refractivity contribution is -0.135. The molecule has 2 aliphatic rings. The molecule has 0 N–H and O–H groups in total. The number of hydrogen-bond acceptors (Lipinski definition) is 5. The maximum atomic E-state index is 14.1. The Hall–Kier alpha value is -2.30. The second kappa shape index (κ2) is 10.2. The predicted molar refractivity (Wildman–Crippen MR) is 139 cm³/mol. The van der Waals surface area contributed by atoms with Crippen LogP contribution in [-0.4, -0.2) is 67.2 Å². The molecule has 0 saturated carbocycles. The second-order valence-electron chi connectivity index (χ2n) is 9.24. The van der Waals surface area contributed by atoms with Gasteiger partial charge in [0.1, 0.15) is 5.82 Å². The summed E-state index contributed by atoms with van der Waals surface area (Å²) in [6.07, 6.45) is 0.843. The van der Waals surface area contributed by atoms with E-state index in [0.717, 1.165) is 17.5 Å². The third-order valence-electron chi connectivity index (χ3n) is 6.91. The van der Waals surface area contributed by atoms with Gasteiger partial charge >= 0.3 is 0 Å². The van der Waals surface area contributed by atoms with E-state index in [2.05, 4.69) is 11.0 Å². The lowest BCUT2D eigenvalue weighted by atomic mass is 9.93. The SMILES string of the molecule is C[C@H]1CN(C(=O)CN2CCc3sccc3[C@@H]2c2cccc(F)c2)CCN1S(=O)(=O)c1ccc(Cl)cc1. The molecule has 0 bridgehead atoms. The molecular weight excluding hydrogens is 521 g/mol. The average molecular weight is 548 g/mol. The number of piperazine rings is 1. The first-order chi connectivity index (χ1) is 17.2. The van der Waals surface area contributed by atoms with E-state index in [1.807, 2.05) is 18.4 Å². The molecule has 2 atom stereocenters. The molecule has 5 rings (SSSR count). The summed E-state index contributed by atoms with van der Waals surface area (Å²) in [7, 11) is -3.69. The van der Waals surface area contributed by atoms with Crippen LogP contribution in [0.1, 0.15) is 29.0 Å². The van der Waals surface area contributed by atoms with Crippen LogP contribution in [0, 0.1) is 5.82 Å². The molecule has 0 unspecified atom stereocenters. The van der Waals surface area contributed by atoms with Gasteiger partial charge in [-0.3, -0.25) is 9.69 Å². The summed E-state index contributed by atoms with van der Waals surface area (Å²) >= 11 is 7.61. The molecule has 0 spiro atoms. The Kier molecular flexibility index (Phi) is 7.20. The van der Waals surface area contributed by atoms with Crippen molar-refractivity contribution in [3.05, 3.63) is 86.8 Å². The number of benzene rings is 2. The van der Waals surface area contributed by atoms with Crippen LogP contribution in [0.4, 0.5) is 4.39 Å². The zero-order valence-electron chi connectivity index (χ0n) is 19.8. The smallest absolute Gasteiger partial charge is 0.243 e. The molecule has 3 aromatic rings. The summed E-state index contributed by atoms with van der Waals surface area (Å²) in [5.41, 5.74) is 1.95. The van der Waals surface area contributed by atoms with Gasteiger partial charge in [0, 0.05) is 42.1 Å². The maximum absolute atomic E-state index is 14.1. The number of nitrogens with zero attached hydrogens (tertiary/aromatic N) is 3. The monoisotopic (exact) mass is 547 g/mol. The summed E-state index contributed by atoms with van der Waals surface area (Å²) in [4.78, 5) is 18.7. The third kappa shape index (κ3) is 4.95. The Morgan fingerprint density at radius 2 is 1.89 bits per heavy atom. The van der Waals surface area contributed by atoms with Crippen LogP contribution in [0.15, 0.2) is 64.9 Å². The number of thiophene rings is 1. The van der Waals surface area contributed by atoms with Gasteiger partial charge in [0.05, 0.1) is 17.5 Å². The van der Waals surface area contributed by atoms with Gasteiger partial charge in [-0.25, -0.2) is 12.8 Å². The van der Waals surface area contributed by atoms with Gasteiger partial charge in [-0.15, -0.1) is 11.3 Å². The topological polar surface area (TPSA) is 60.9 Å². The van der Waals surface area contributed by atoms with Crippen molar-refractivity contribution >= 4 is 38.9 Å². The molecular formula is C26H27ClFN3O3S2. The van der Waals surface area contributed by atoms with Gasteiger partial charge in [0.25, 0.3) is 0 Å². The number of fused-ring (bicyclic) bond motifs is 1. The van der Waals surface area contributed by atoms with Crippen molar-refractivity contribution in [1.82, 2.24) is 14.1 Å². The van der Waals surface area contributed by atoms with Crippen molar-refractivity contribution in [2.75, 3.05) is 32.7 Å². The van der Waals surface area contributed by atoms with Crippen LogP contribution in [0.3, 0.4) is 0 Å². The molecule has 6 nitrogen and oxygen atoms in total. The minimum atomic E-state index is -3.69. The molecule has 0 radical (unpaired) electrons. The summed E-state index contributed by atoms with van der Waals surface area (Å²) < 4.78 is 41.8. The molecule has 0 aliphatic carbocycles. The highest BCUT2D eigenvalue weighted by atomic mass is 35.5. The molecule has 1 saturated heterocycles. The first-order valence-corrected chi connectivity index (χ1v) is 14.5. The van der Waals surface area contributed by atoms with Crippen LogP contribution in [0.5, 0.6) is 0 Å². The second-order valence-corrected chi connectivity index (χ2v) is 12.6. The van der Waals surface area contributed by atoms with E-state index in [1.165, 1.54) is 33.4 Å². The third-order valence-corrected chi connectivity index (χ3v) is 10.2. The molecule has 1 fully saturated rings. The fraction of sp³-hybridized carbons (Fsp3) is 0.346. The van der Waals surface area contributed by atoms with Crippen LogP contribution in [0.25, 0.3) is 0 Å². The number of carbonyl (C=O) groups excluding carboxylic acids is 1. The molecule has 3 heterocycles. The first kappa shape index (κ1) is 25.4. The van der Waals surface area contributed by atoms with Crippen molar-refractivity contribution in [3.63, 3.8) is 0 Å². The molecule has 2 aromatic carbocycles. The van der Waals surface area contributed by atoms with E-state index in [0.29, 0.717) is 24.7 Å². The highest BCUT2D eigenvalue weighted by Gasteiger charge is 2.37. The molecule has 1 amide bonds. The number of sulfonamides is 1. The molecule has 1 aromatic heterocycles. The molecule has 36 heavy (non-hydrogen) atoms. The fourth-order valence-electron chi connectivity index (χ4n) is 5.15. The average Bonchev–Trinajstić information content (AvgIpc) is 3.33. The number of rotatable bonds is 5. The largest absolute Gasteiger partial charge is 0.339 e. The zero-order chi connectivity index (χ0) is 25.4. The minimum absolute atomic E-state index is 0.0505. The number of hydrogen-bond donors (Lipinski definition) is 0. The number of halogens is 2. The van der Waals surface area contributed by atoms with Crippen molar-refractivity contribution in [3.8, 4) is 0 Å². The van der Waals surface area contributed by atoms with Gasteiger partial charge in [0.2, 0.25) is 15.9 Å². The van der Waals surface area contributed by atoms with Crippen molar-refractivity contribution in [2.45, 2.75) is 30.3 Å². The van der Waals surface area contributed by atoms with Gasteiger partial charge < -0.3 is 4.90 Å². The van der Waals surface area contributed by atoms with Crippen LogP contribution < -0.4 is 0 Å². The van der Waals surface area contributed by atoms with E-state index in [9.17, 15) is 17.6 Å². The maximum Gasteiger partial charge on any atom is 0.243 e. The Bertz CT molecular complexity index is 1360. The van der Waals surface area contributed by atoms with Crippen molar-refractivity contribution in [1.29, 1.82) is 0 Å². The minimum Gasteiger partial charge on any atom is -0.339 e. The highest BCUT2D eigenvalue weighted by Crippen LogP contribution is 2.38. The van der Waals surface area contributed by atoms with E-state index in [4.69, 9.17) is 11.6 Å². The van der Waals surface area contributed by atoms with Crippen molar-refractivity contribution in [2.24, 2.45) is 0 Å². The summed E-state index contributed by atoms with van der Waals surface area (Å²) in [6.45, 7) is 3.56. The van der Waals surface area contributed by atoms with E-state index >= 15 is 0 Å². The van der Waals surface area contributed by atoms with Crippen LogP contribution in [-0.2, 0) is 21.2 Å². The summed E-state index contributed by atoms with van der Waals surface area (Å²) in [5, 5.41) is 2.52. The highest BCUT2D eigenvalue weighted by molar-refractivity contribution is 7.89. The van der Waals surface area contributed by atoms with Gasteiger partial charge in [0.15, 0.2) is 0 Å². The summed E-state index contributed by atoms with van der Waals surface area (Å²) in [5.74, 6) is -0.349. The molecule has 2 aliphatic heterocycles. The van der Waals surface area contributed by atoms with Crippen molar-refractivity contribution < 1.29 is 17.6 Å². The lowest BCUT2D eigenvalue weighted by Crippen LogP contribution is -2.57. The normalized spacial score (nSPS) is 21.4. The number of carbonyl (C=O) groups is 1. The van der Waals surface area contributed by atoms with Gasteiger partial charge in [-0.2, -0.15) is 4.31 Å². The van der Waals surface area contributed by atoms with Gasteiger partial charge in [-0.05, 0) is 72.3 Å². The summed E-state index contributed by atoms with van der Waals surface area (Å²) in [6, 6.07) is 14.2. The fourth-order valence-corrected chi connectivity index (χ4v) is 7.79. The Morgan fingerprint density at radius 1 is 1.11 bits per heavy atom. The predicted octanol–water partition coefficient (Wildman–Crippen LogP) is 4.41. The Balaban J connectivity index is 1.30. The van der Waals surface area contributed by atoms with Crippen LogP contribution >= 0.6 is 22.9 Å². The molecule has 10 heteroatoms. The Morgan fingerprint density at radius 3 is 2.61 bits per heavy atom. The first-order valence-electron chi connectivity index (χ1n) is 11.8. The van der Waals surface area contributed by atoms with E-state index < -0.39 is 10.0 Å². The van der Waals surface area contributed by atoms with E-state index in [-0.39, 0.29) is 41.8 Å². The lowest BCUT2D eigenvalue weighted by Gasteiger charge is -2.41. The Labute approximate surface area is 219 Å². The van der Waals surface area contributed by atoms with Crippen LogP contribution in [0.2, 0.25) is 5.02 Å². The number of amides is 1.